The van der Waals surface area contributed by atoms with E-state index >= 15 is 0 Å². The van der Waals surface area contributed by atoms with Crippen LogP contribution in [0.1, 0.15) is 60.9 Å². The molecule has 2 aliphatic rings. The van der Waals surface area contributed by atoms with Crippen molar-refractivity contribution in [3.8, 4) is 22.8 Å². The largest absolute Gasteiger partial charge is 0.496 e. The van der Waals surface area contributed by atoms with Crippen LogP contribution in [0.25, 0.3) is 16.9 Å². The molecule has 188 valence electrons. The number of Topliss-reactive ketones (excluding diaryl/α,β-unsaturated/α-hetero) is 1. The van der Waals surface area contributed by atoms with Crippen LogP contribution in [0.4, 0.5) is 4.39 Å². The average Bonchev–Trinajstić information content (AvgIpc) is 3.80. The second-order valence-corrected chi connectivity index (χ2v) is 9.69. The molecule has 3 aromatic rings. The Labute approximate surface area is 208 Å². The number of carboxylic acids is 1. The number of aromatic nitrogens is 2. The van der Waals surface area contributed by atoms with E-state index in [4.69, 9.17) is 9.47 Å². The van der Waals surface area contributed by atoms with Gasteiger partial charge in [-0.2, -0.15) is 4.39 Å². The number of alkyl halides is 1. The molecule has 0 aliphatic heterocycles. The number of carboxylic acid groups (broad SMARTS) is 1. The lowest BCUT2D eigenvalue weighted by molar-refractivity contribution is -0.140. The molecule has 2 aromatic heterocycles. The van der Waals surface area contributed by atoms with Gasteiger partial charge < -0.3 is 14.6 Å². The number of hydrogen-bond donors (Lipinski definition) is 1. The Balaban J connectivity index is 1.52. The number of carbonyl (C=O) groups is 2. The number of carbonyl (C=O) groups excluding carboxylic acids is 1. The first-order chi connectivity index (χ1) is 17.4. The van der Waals surface area contributed by atoms with Crippen molar-refractivity contribution in [1.29, 1.82) is 0 Å². The van der Waals surface area contributed by atoms with Crippen LogP contribution in [0.5, 0.6) is 11.5 Å². The van der Waals surface area contributed by atoms with Crippen LogP contribution in [-0.2, 0) is 10.2 Å². The van der Waals surface area contributed by atoms with Gasteiger partial charge >= 0.3 is 5.97 Å². The highest BCUT2D eigenvalue weighted by Gasteiger charge is 2.51. The quantitative estimate of drug-likeness (QED) is 0.256. The van der Waals surface area contributed by atoms with Gasteiger partial charge in [0, 0.05) is 18.2 Å². The molecule has 2 aliphatic carbocycles. The minimum Gasteiger partial charge on any atom is -0.496 e. The van der Waals surface area contributed by atoms with Gasteiger partial charge in [0.2, 0.25) is 0 Å². The van der Waals surface area contributed by atoms with Crippen LogP contribution in [0.2, 0.25) is 0 Å². The third kappa shape index (κ3) is 4.47. The first-order valence-electron chi connectivity index (χ1n) is 12.3. The summed E-state index contributed by atoms with van der Waals surface area (Å²) >= 11 is 0. The highest BCUT2D eigenvalue weighted by molar-refractivity contribution is 6.02. The monoisotopic (exact) mass is 492 g/mol. The van der Waals surface area contributed by atoms with E-state index < -0.39 is 17.7 Å². The van der Waals surface area contributed by atoms with Gasteiger partial charge in [0.05, 0.1) is 24.4 Å². The van der Waals surface area contributed by atoms with Gasteiger partial charge in [-0.1, -0.05) is 25.8 Å². The van der Waals surface area contributed by atoms with Crippen molar-refractivity contribution in [1.82, 2.24) is 9.38 Å². The van der Waals surface area contributed by atoms with E-state index in [1.807, 2.05) is 4.40 Å². The summed E-state index contributed by atoms with van der Waals surface area (Å²) in [6.45, 7) is 3.44. The molecule has 1 unspecified atom stereocenters. The van der Waals surface area contributed by atoms with E-state index in [0.29, 0.717) is 41.9 Å². The van der Waals surface area contributed by atoms with Crippen LogP contribution < -0.4 is 9.47 Å². The Hall–Kier alpha value is -3.68. The summed E-state index contributed by atoms with van der Waals surface area (Å²) in [7, 11) is 1.46. The second-order valence-electron chi connectivity index (χ2n) is 9.69. The lowest BCUT2D eigenvalue weighted by Gasteiger charge is -2.17. The Morgan fingerprint density at radius 3 is 2.69 bits per heavy atom. The minimum atomic E-state index is -1.79. The lowest BCUT2D eigenvalue weighted by Crippen LogP contribution is -2.19. The summed E-state index contributed by atoms with van der Waals surface area (Å²) in [6.07, 6.45) is 8.42. The molecule has 1 N–H and O–H groups in total. The summed E-state index contributed by atoms with van der Waals surface area (Å²) in [5.41, 5.74) is 1.98. The molecule has 1 atom stereocenters. The zero-order valence-corrected chi connectivity index (χ0v) is 20.2. The van der Waals surface area contributed by atoms with Crippen molar-refractivity contribution in [3.63, 3.8) is 0 Å². The number of aliphatic carboxylic acids is 1. The fourth-order valence-corrected chi connectivity index (χ4v) is 4.76. The molecule has 2 fully saturated rings. The fourth-order valence-electron chi connectivity index (χ4n) is 4.76. The molecular formula is C28H29FN2O5. The Kier molecular flexibility index (Phi) is 6.28. The molecule has 0 bridgehead atoms. The van der Waals surface area contributed by atoms with Crippen LogP contribution >= 0.6 is 0 Å². The number of fused-ring (bicyclic) bond motifs is 1. The van der Waals surface area contributed by atoms with Crippen molar-refractivity contribution in [2.45, 2.75) is 56.7 Å². The highest BCUT2D eigenvalue weighted by Crippen LogP contribution is 2.48. The number of nitrogens with zero attached hydrogens (tertiary/aromatic N) is 2. The topological polar surface area (TPSA) is 90.1 Å². The number of hydrogen-bond acceptors (Lipinski definition) is 5. The molecule has 7 nitrogen and oxygen atoms in total. The third-order valence-electron chi connectivity index (χ3n) is 7.22. The van der Waals surface area contributed by atoms with Crippen molar-refractivity contribution < 1.29 is 28.6 Å². The summed E-state index contributed by atoms with van der Waals surface area (Å²) in [5, 5.41) is 9.63. The first kappa shape index (κ1) is 24.0. The zero-order chi connectivity index (χ0) is 25.4. The van der Waals surface area contributed by atoms with Gasteiger partial charge in [-0.05, 0) is 61.1 Å². The van der Waals surface area contributed by atoms with E-state index in [-0.39, 0.29) is 17.1 Å². The van der Waals surface area contributed by atoms with E-state index in [0.717, 1.165) is 30.4 Å². The minimum absolute atomic E-state index is 0.0857. The standard InChI is InChI=1S/C28H29FN2O5/c1-3-24(29)36-23-14-18(13-22(35-2)26(23)21(32)6-4-5-17-7-8-17)20-16-30-25-15-19(9-12-31(20)25)28(10-11-28)27(33)34/h3,9,12-17,24H,1,4-8,10-11H2,2H3,(H,33,34). The van der Waals surface area contributed by atoms with Gasteiger partial charge in [0.25, 0.3) is 6.36 Å². The first-order valence-corrected chi connectivity index (χ1v) is 12.3. The SMILES string of the molecule is C=CC(F)Oc1cc(-c2cnc3cc(C4(C(=O)O)CC4)ccn23)cc(OC)c1C(=O)CCCC1CC1. The summed E-state index contributed by atoms with van der Waals surface area (Å²) in [6, 6.07) is 6.91. The second kappa shape index (κ2) is 9.41. The van der Waals surface area contributed by atoms with Crippen LogP contribution in [0, 0.1) is 5.92 Å². The number of pyridine rings is 1. The van der Waals surface area contributed by atoms with E-state index in [1.54, 1.807) is 36.7 Å². The number of halogens is 1. The number of methoxy groups -OCH3 is 1. The van der Waals surface area contributed by atoms with E-state index in [1.165, 1.54) is 20.0 Å². The molecule has 8 heteroatoms. The number of imidazole rings is 1. The maximum atomic E-state index is 14.3. The number of ketones is 1. The maximum Gasteiger partial charge on any atom is 0.314 e. The molecule has 2 heterocycles. The van der Waals surface area contributed by atoms with Gasteiger partial charge in [-0.15, -0.1) is 0 Å². The number of rotatable bonds is 12. The van der Waals surface area contributed by atoms with E-state index in [2.05, 4.69) is 11.6 Å². The Morgan fingerprint density at radius 2 is 2.06 bits per heavy atom. The molecule has 0 spiro atoms. The predicted octanol–water partition coefficient (Wildman–Crippen LogP) is 5.75. The van der Waals surface area contributed by atoms with Crippen LogP contribution in [-0.4, -0.2) is 39.7 Å². The third-order valence-corrected chi connectivity index (χ3v) is 7.22. The molecule has 1 aromatic carbocycles. The summed E-state index contributed by atoms with van der Waals surface area (Å²) < 4.78 is 27.1. The lowest BCUT2D eigenvalue weighted by atomic mass is 9.97. The van der Waals surface area contributed by atoms with Crippen molar-refractivity contribution in [2.24, 2.45) is 5.92 Å². The highest BCUT2D eigenvalue weighted by atomic mass is 19.1. The predicted molar refractivity (Wildman–Crippen MR) is 132 cm³/mol. The maximum absolute atomic E-state index is 14.3. The number of ether oxygens (including phenoxy) is 2. The Bertz CT molecular complexity index is 1340. The molecule has 36 heavy (non-hydrogen) atoms. The zero-order valence-electron chi connectivity index (χ0n) is 20.2. The van der Waals surface area contributed by atoms with Gasteiger partial charge in [0.1, 0.15) is 22.7 Å². The number of benzene rings is 1. The van der Waals surface area contributed by atoms with Gasteiger partial charge in [-0.3, -0.25) is 14.0 Å². The molecule has 2 saturated carbocycles. The summed E-state index contributed by atoms with van der Waals surface area (Å²) in [5.74, 6) is 0.115. The van der Waals surface area contributed by atoms with Gasteiger partial charge in [0.15, 0.2) is 5.78 Å². The smallest absolute Gasteiger partial charge is 0.314 e. The van der Waals surface area contributed by atoms with Crippen LogP contribution in [0.15, 0.2) is 49.3 Å². The molecule has 0 amide bonds. The molecule has 0 radical (unpaired) electrons. The Morgan fingerprint density at radius 1 is 1.31 bits per heavy atom. The normalized spacial score (nSPS) is 16.9. The fraction of sp³-hybridized carbons (Fsp3) is 0.393. The summed E-state index contributed by atoms with van der Waals surface area (Å²) in [4.78, 5) is 29.4. The molecule has 5 rings (SSSR count). The van der Waals surface area contributed by atoms with Crippen molar-refractivity contribution in [3.05, 3.63) is 60.4 Å². The van der Waals surface area contributed by atoms with Gasteiger partial charge in [-0.25, -0.2) is 4.98 Å². The van der Waals surface area contributed by atoms with Crippen LogP contribution in [0.3, 0.4) is 0 Å². The van der Waals surface area contributed by atoms with Crippen molar-refractivity contribution >= 4 is 17.4 Å². The van der Waals surface area contributed by atoms with Crippen molar-refractivity contribution in [2.75, 3.05) is 7.11 Å². The molecular weight excluding hydrogens is 463 g/mol. The van der Waals surface area contributed by atoms with E-state index in [9.17, 15) is 19.1 Å². The average molecular weight is 493 g/mol. The molecule has 0 saturated heterocycles.